The van der Waals surface area contributed by atoms with Crippen LogP contribution < -0.4 is 10.6 Å². The van der Waals surface area contributed by atoms with E-state index in [1.165, 1.54) is 23.4 Å². The van der Waals surface area contributed by atoms with Crippen LogP contribution in [0.4, 0.5) is 21.8 Å². The summed E-state index contributed by atoms with van der Waals surface area (Å²) in [5.41, 5.74) is 1.70. The van der Waals surface area contributed by atoms with Gasteiger partial charge in [0.15, 0.2) is 5.82 Å². The Morgan fingerprint density at radius 3 is 2.73 bits per heavy atom. The Morgan fingerprint density at radius 1 is 1.21 bits per heavy atom. The van der Waals surface area contributed by atoms with E-state index in [2.05, 4.69) is 30.6 Å². The van der Waals surface area contributed by atoms with Gasteiger partial charge in [-0.3, -0.25) is 4.79 Å². The van der Waals surface area contributed by atoms with Crippen molar-refractivity contribution in [2.45, 2.75) is 37.8 Å². The number of benzene rings is 1. The van der Waals surface area contributed by atoms with Gasteiger partial charge in [0.2, 0.25) is 11.9 Å². The van der Waals surface area contributed by atoms with Crippen molar-refractivity contribution in [1.29, 1.82) is 0 Å². The lowest BCUT2D eigenvalue weighted by Crippen LogP contribution is -2.33. The minimum atomic E-state index is -0.493. The number of fused-ring (bicyclic) bond motifs is 1. The van der Waals surface area contributed by atoms with Crippen molar-refractivity contribution < 1.29 is 13.9 Å². The van der Waals surface area contributed by atoms with E-state index >= 15 is 0 Å². The SMILES string of the molecule is CN(C)C(=O)CO[C@H]1CC[C@H](Nc2ncc3ncnc(Nc4ccc(F)c(Cl)c4)c3n2)CC1. The predicted octanol–water partition coefficient (Wildman–Crippen LogP) is 3.78. The van der Waals surface area contributed by atoms with Gasteiger partial charge >= 0.3 is 0 Å². The molecular formula is C22H25ClFN7O2. The van der Waals surface area contributed by atoms with Gasteiger partial charge in [0.1, 0.15) is 29.8 Å². The molecule has 0 spiro atoms. The number of aromatic nitrogens is 4. The number of ether oxygens (including phenoxy) is 1. The highest BCUT2D eigenvalue weighted by Gasteiger charge is 2.23. The van der Waals surface area contributed by atoms with E-state index in [0.29, 0.717) is 28.5 Å². The summed E-state index contributed by atoms with van der Waals surface area (Å²) in [7, 11) is 3.44. The van der Waals surface area contributed by atoms with Crippen LogP contribution in [0.3, 0.4) is 0 Å². The Hall–Kier alpha value is -3.11. The Balaban J connectivity index is 1.40. The second kappa shape index (κ2) is 10.2. The first-order valence-electron chi connectivity index (χ1n) is 10.7. The van der Waals surface area contributed by atoms with Crippen LogP contribution in [-0.4, -0.2) is 63.6 Å². The van der Waals surface area contributed by atoms with E-state index in [9.17, 15) is 9.18 Å². The van der Waals surface area contributed by atoms with Crippen molar-refractivity contribution in [2.24, 2.45) is 0 Å². The van der Waals surface area contributed by atoms with Crippen molar-refractivity contribution in [1.82, 2.24) is 24.8 Å². The van der Waals surface area contributed by atoms with Gasteiger partial charge in [-0.1, -0.05) is 11.6 Å². The molecule has 9 nitrogen and oxygen atoms in total. The van der Waals surface area contributed by atoms with Gasteiger partial charge in [-0.15, -0.1) is 0 Å². The highest BCUT2D eigenvalue weighted by Crippen LogP contribution is 2.27. The number of nitrogens with one attached hydrogen (secondary N) is 2. The normalized spacial score (nSPS) is 18.2. The standard InChI is InChI=1S/C22H25ClFN7O2/c1-31(2)19(32)11-33-15-6-3-13(4-7-15)29-22-25-10-18-20(30-22)21(27-12-26-18)28-14-5-8-17(24)16(23)9-14/h5,8-10,12-13,15H,3-4,6-7,11H2,1-2H3,(H,25,29,30)(H,26,27,28)/t13-,15-. The Morgan fingerprint density at radius 2 is 2.00 bits per heavy atom. The average molecular weight is 474 g/mol. The number of anilines is 3. The minimum Gasteiger partial charge on any atom is -0.368 e. The number of nitrogens with zero attached hydrogens (tertiary/aromatic N) is 5. The lowest BCUT2D eigenvalue weighted by atomic mass is 9.93. The second-order valence-electron chi connectivity index (χ2n) is 8.12. The largest absolute Gasteiger partial charge is 0.368 e. The molecule has 1 amide bonds. The number of carbonyl (C=O) groups is 1. The zero-order chi connectivity index (χ0) is 23.4. The molecule has 33 heavy (non-hydrogen) atoms. The number of carbonyl (C=O) groups excluding carboxylic acids is 1. The number of amides is 1. The highest BCUT2D eigenvalue weighted by atomic mass is 35.5. The number of halogens is 2. The lowest BCUT2D eigenvalue weighted by molar-refractivity contribution is -0.136. The molecule has 1 aliphatic rings. The maximum atomic E-state index is 13.5. The quantitative estimate of drug-likeness (QED) is 0.534. The zero-order valence-electron chi connectivity index (χ0n) is 18.4. The van der Waals surface area contributed by atoms with Crippen LogP contribution in [0.5, 0.6) is 0 Å². The Bertz CT molecular complexity index is 1140. The molecule has 3 aromatic rings. The van der Waals surface area contributed by atoms with Crippen LogP contribution in [0.15, 0.2) is 30.7 Å². The van der Waals surface area contributed by atoms with Gasteiger partial charge in [-0.05, 0) is 43.9 Å². The molecule has 174 valence electrons. The van der Waals surface area contributed by atoms with Gasteiger partial charge in [-0.25, -0.2) is 24.3 Å². The van der Waals surface area contributed by atoms with Crippen LogP contribution in [-0.2, 0) is 9.53 Å². The minimum absolute atomic E-state index is 0.0148. The van der Waals surface area contributed by atoms with Crippen molar-refractivity contribution in [3.63, 3.8) is 0 Å². The van der Waals surface area contributed by atoms with Gasteiger partial charge in [0, 0.05) is 25.8 Å². The van der Waals surface area contributed by atoms with E-state index in [1.54, 1.807) is 26.4 Å². The average Bonchev–Trinajstić information content (AvgIpc) is 2.81. The predicted molar refractivity (Wildman–Crippen MR) is 124 cm³/mol. The number of hydrogen-bond donors (Lipinski definition) is 2. The Kier molecular flexibility index (Phi) is 7.14. The summed E-state index contributed by atoms with van der Waals surface area (Å²) < 4.78 is 19.2. The number of hydrogen-bond acceptors (Lipinski definition) is 8. The summed E-state index contributed by atoms with van der Waals surface area (Å²) in [6.45, 7) is 0.110. The van der Waals surface area contributed by atoms with Crippen molar-refractivity contribution in [3.05, 3.63) is 41.6 Å². The molecule has 1 fully saturated rings. The van der Waals surface area contributed by atoms with Gasteiger partial charge in [0.05, 0.1) is 17.3 Å². The summed E-state index contributed by atoms with van der Waals surface area (Å²) in [5.74, 6) is 0.419. The van der Waals surface area contributed by atoms with Crippen LogP contribution in [0.1, 0.15) is 25.7 Å². The van der Waals surface area contributed by atoms with Gasteiger partial charge in [-0.2, -0.15) is 0 Å². The molecule has 2 heterocycles. The first-order chi connectivity index (χ1) is 15.9. The fourth-order valence-electron chi connectivity index (χ4n) is 3.60. The molecular weight excluding hydrogens is 449 g/mol. The molecule has 2 N–H and O–H groups in total. The van der Waals surface area contributed by atoms with Crippen LogP contribution in [0.2, 0.25) is 5.02 Å². The molecule has 0 saturated heterocycles. The third-order valence-corrected chi connectivity index (χ3v) is 5.80. The second-order valence-corrected chi connectivity index (χ2v) is 8.53. The first kappa shape index (κ1) is 23.1. The van der Waals surface area contributed by atoms with E-state index in [1.807, 2.05) is 0 Å². The van der Waals surface area contributed by atoms with Crippen molar-refractivity contribution >= 4 is 46.0 Å². The molecule has 2 aromatic heterocycles. The maximum Gasteiger partial charge on any atom is 0.248 e. The topological polar surface area (TPSA) is 105 Å². The van der Waals surface area contributed by atoms with Crippen molar-refractivity contribution in [2.75, 3.05) is 31.3 Å². The molecule has 1 saturated carbocycles. The monoisotopic (exact) mass is 473 g/mol. The third kappa shape index (κ3) is 5.82. The summed E-state index contributed by atoms with van der Waals surface area (Å²) in [5, 5.41) is 6.51. The highest BCUT2D eigenvalue weighted by molar-refractivity contribution is 6.31. The molecule has 0 atom stereocenters. The summed E-state index contributed by atoms with van der Waals surface area (Å²) in [6, 6.07) is 4.54. The van der Waals surface area contributed by atoms with Gasteiger partial charge in [0.25, 0.3) is 0 Å². The maximum absolute atomic E-state index is 13.5. The van der Waals surface area contributed by atoms with Gasteiger partial charge < -0.3 is 20.3 Å². The fraction of sp³-hybridized carbons (Fsp3) is 0.409. The van der Waals surface area contributed by atoms with Crippen LogP contribution >= 0.6 is 11.6 Å². The van der Waals surface area contributed by atoms with Crippen molar-refractivity contribution in [3.8, 4) is 0 Å². The summed E-state index contributed by atoms with van der Waals surface area (Å²) in [6.07, 6.45) is 6.60. The molecule has 1 aliphatic carbocycles. The van der Waals surface area contributed by atoms with Crippen LogP contribution in [0.25, 0.3) is 11.0 Å². The van der Waals surface area contributed by atoms with E-state index < -0.39 is 5.82 Å². The summed E-state index contributed by atoms with van der Waals surface area (Å²) in [4.78, 5) is 30.7. The molecule has 0 bridgehead atoms. The number of likely N-dealkylation sites (N-methyl/N-ethyl adjacent to an activating group) is 1. The molecule has 1 aromatic carbocycles. The summed E-state index contributed by atoms with van der Waals surface area (Å²) >= 11 is 5.88. The third-order valence-electron chi connectivity index (χ3n) is 5.51. The van der Waals surface area contributed by atoms with Crippen LogP contribution in [0, 0.1) is 5.82 Å². The van der Waals surface area contributed by atoms with E-state index in [4.69, 9.17) is 16.3 Å². The molecule has 0 radical (unpaired) electrons. The zero-order valence-corrected chi connectivity index (χ0v) is 19.1. The Labute approximate surface area is 195 Å². The molecule has 4 rings (SSSR count). The van der Waals surface area contributed by atoms with E-state index in [-0.39, 0.29) is 29.7 Å². The van der Waals surface area contributed by atoms with E-state index in [0.717, 1.165) is 25.7 Å². The fourth-order valence-corrected chi connectivity index (χ4v) is 3.78. The molecule has 11 heteroatoms. The molecule has 0 aliphatic heterocycles. The number of rotatable bonds is 7. The molecule has 0 unspecified atom stereocenters. The smallest absolute Gasteiger partial charge is 0.248 e. The first-order valence-corrected chi connectivity index (χ1v) is 11.0. The lowest BCUT2D eigenvalue weighted by Gasteiger charge is -2.29.